The molecule has 0 radical (unpaired) electrons. The number of hydrogen-bond acceptors (Lipinski definition) is 4. The zero-order valence-corrected chi connectivity index (χ0v) is 12.4. The summed E-state index contributed by atoms with van der Waals surface area (Å²) in [4.78, 5) is 12.0. The van der Waals surface area contributed by atoms with Crippen molar-refractivity contribution < 1.29 is 13.9 Å². The van der Waals surface area contributed by atoms with Crippen LogP contribution in [0.25, 0.3) is 0 Å². The second-order valence-electron chi connectivity index (χ2n) is 4.23. The number of ether oxygens (including phenoxy) is 1. The van der Waals surface area contributed by atoms with Gasteiger partial charge >= 0.3 is 5.97 Å². The van der Waals surface area contributed by atoms with Gasteiger partial charge in [-0.05, 0) is 52.3 Å². The molecule has 2 rings (SSSR count). The van der Waals surface area contributed by atoms with E-state index in [1.807, 2.05) is 6.07 Å². The highest BCUT2D eigenvalue weighted by atomic mass is 79.9. The summed E-state index contributed by atoms with van der Waals surface area (Å²) in [6.07, 6.45) is 0. The molecule has 0 atom stereocenters. The first kappa shape index (κ1) is 15.0. The van der Waals surface area contributed by atoms with Crippen molar-refractivity contribution in [3.05, 3.63) is 63.4 Å². The van der Waals surface area contributed by atoms with Crippen molar-refractivity contribution in [2.75, 3.05) is 5.73 Å². The van der Waals surface area contributed by atoms with Gasteiger partial charge in [-0.15, -0.1) is 0 Å². The molecule has 0 bridgehead atoms. The van der Waals surface area contributed by atoms with Crippen LogP contribution >= 0.6 is 15.9 Å². The van der Waals surface area contributed by atoms with Gasteiger partial charge < -0.3 is 10.5 Å². The minimum Gasteiger partial charge on any atom is -0.457 e. The molecule has 0 spiro atoms. The predicted octanol–water partition coefficient (Wildman–Crippen LogP) is 3.40. The van der Waals surface area contributed by atoms with Crippen LogP contribution in [0.1, 0.15) is 21.5 Å². The summed E-state index contributed by atoms with van der Waals surface area (Å²) < 4.78 is 19.2. The second-order valence-corrected chi connectivity index (χ2v) is 5.09. The van der Waals surface area contributed by atoms with E-state index in [9.17, 15) is 9.18 Å². The first-order valence-electron chi connectivity index (χ1n) is 5.92. The van der Waals surface area contributed by atoms with Crippen LogP contribution in [-0.4, -0.2) is 5.97 Å². The Labute approximate surface area is 129 Å². The van der Waals surface area contributed by atoms with Crippen molar-refractivity contribution in [2.24, 2.45) is 0 Å². The molecule has 106 valence electrons. The van der Waals surface area contributed by atoms with E-state index in [0.29, 0.717) is 15.7 Å². The number of esters is 1. The fourth-order valence-corrected chi connectivity index (χ4v) is 2.08. The number of nitrogens with two attached hydrogens (primary N) is 1. The number of benzene rings is 2. The normalized spacial score (nSPS) is 9.95. The molecule has 0 aromatic heterocycles. The zero-order valence-electron chi connectivity index (χ0n) is 10.8. The van der Waals surface area contributed by atoms with Crippen LogP contribution in [0.5, 0.6) is 0 Å². The molecule has 0 saturated heterocycles. The van der Waals surface area contributed by atoms with Crippen molar-refractivity contribution in [1.29, 1.82) is 5.26 Å². The Morgan fingerprint density at radius 3 is 2.81 bits per heavy atom. The number of rotatable bonds is 3. The van der Waals surface area contributed by atoms with Crippen molar-refractivity contribution in [3.8, 4) is 6.07 Å². The van der Waals surface area contributed by atoms with Crippen LogP contribution in [-0.2, 0) is 11.3 Å². The third-order valence-corrected chi connectivity index (χ3v) is 3.44. The summed E-state index contributed by atoms with van der Waals surface area (Å²) >= 11 is 3.22. The lowest BCUT2D eigenvalue weighted by Crippen LogP contribution is -2.08. The standard InChI is InChI=1S/C15H10BrFN2O2/c16-13-3-2-11(19)6-12(13)15(20)21-8-10-5-9(7-18)1-4-14(10)17/h1-6H,8,19H2. The van der Waals surface area contributed by atoms with Gasteiger partial charge in [0.15, 0.2) is 0 Å². The Balaban J connectivity index is 2.15. The molecule has 2 aromatic rings. The molecule has 0 fully saturated rings. The monoisotopic (exact) mass is 348 g/mol. The molecule has 0 aliphatic heterocycles. The predicted molar refractivity (Wildman–Crippen MR) is 78.8 cm³/mol. The molecule has 21 heavy (non-hydrogen) atoms. The molecular weight excluding hydrogens is 339 g/mol. The molecular formula is C15H10BrFN2O2. The van der Waals surface area contributed by atoms with Gasteiger partial charge in [-0.2, -0.15) is 5.26 Å². The number of nitrogen functional groups attached to an aromatic ring is 1. The Morgan fingerprint density at radius 1 is 1.33 bits per heavy atom. The summed E-state index contributed by atoms with van der Waals surface area (Å²) in [6, 6.07) is 10.5. The fourth-order valence-electron chi connectivity index (χ4n) is 1.68. The summed E-state index contributed by atoms with van der Waals surface area (Å²) in [6.45, 7) is -0.262. The number of nitrogens with zero attached hydrogens (tertiary/aromatic N) is 1. The number of halogens is 2. The first-order chi connectivity index (χ1) is 10.0. The van der Waals surface area contributed by atoms with Crippen LogP contribution in [0.3, 0.4) is 0 Å². The van der Waals surface area contributed by atoms with Crippen LogP contribution in [0.15, 0.2) is 40.9 Å². The van der Waals surface area contributed by atoms with E-state index in [2.05, 4.69) is 15.9 Å². The number of carbonyl (C=O) groups is 1. The molecule has 0 saturated carbocycles. The van der Waals surface area contributed by atoms with E-state index >= 15 is 0 Å². The zero-order chi connectivity index (χ0) is 15.4. The highest BCUT2D eigenvalue weighted by Gasteiger charge is 2.13. The summed E-state index contributed by atoms with van der Waals surface area (Å²) in [5.74, 6) is -1.16. The Morgan fingerprint density at radius 2 is 2.10 bits per heavy atom. The van der Waals surface area contributed by atoms with Gasteiger partial charge in [-0.1, -0.05) is 0 Å². The van der Waals surface area contributed by atoms with Crippen LogP contribution in [0.2, 0.25) is 0 Å². The smallest absolute Gasteiger partial charge is 0.339 e. The lowest BCUT2D eigenvalue weighted by molar-refractivity contribution is 0.0468. The molecule has 2 aromatic carbocycles. The summed E-state index contributed by atoms with van der Waals surface area (Å²) in [7, 11) is 0. The highest BCUT2D eigenvalue weighted by molar-refractivity contribution is 9.10. The Hall–Kier alpha value is -2.39. The molecule has 6 heteroatoms. The van der Waals surface area contributed by atoms with E-state index in [4.69, 9.17) is 15.7 Å². The van der Waals surface area contributed by atoms with Crippen molar-refractivity contribution in [2.45, 2.75) is 6.61 Å². The van der Waals surface area contributed by atoms with E-state index < -0.39 is 11.8 Å². The average molecular weight is 349 g/mol. The molecule has 0 heterocycles. The lowest BCUT2D eigenvalue weighted by atomic mass is 10.1. The molecule has 2 N–H and O–H groups in total. The molecule has 0 amide bonds. The third kappa shape index (κ3) is 3.58. The summed E-state index contributed by atoms with van der Waals surface area (Å²) in [5.41, 5.74) is 6.73. The third-order valence-electron chi connectivity index (χ3n) is 2.74. The van der Waals surface area contributed by atoms with Crippen LogP contribution in [0.4, 0.5) is 10.1 Å². The maximum Gasteiger partial charge on any atom is 0.339 e. The first-order valence-corrected chi connectivity index (χ1v) is 6.71. The largest absolute Gasteiger partial charge is 0.457 e. The number of anilines is 1. The number of nitriles is 1. The SMILES string of the molecule is N#Cc1ccc(F)c(COC(=O)c2cc(N)ccc2Br)c1. The second kappa shape index (κ2) is 6.37. The Bertz CT molecular complexity index is 741. The average Bonchev–Trinajstić information content (AvgIpc) is 2.48. The van der Waals surface area contributed by atoms with Gasteiger partial charge in [-0.25, -0.2) is 9.18 Å². The van der Waals surface area contributed by atoms with Gasteiger partial charge in [0.05, 0.1) is 17.2 Å². The van der Waals surface area contributed by atoms with Gasteiger partial charge in [0.2, 0.25) is 0 Å². The number of carbonyl (C=O) groups excluding carboxylic acids is 1. The topological polar surface area (TPSA) is 76.1 Å². The van der Waals surface area contributed by atoms with Gasteiger partial charge in [0, 0.05) is 15.7 Å². The highest BCUT2D eigenvalue weighted by Crippen LogP contribution is 2.21. The molecule has 0 aliphatic rings. The maximum atomic E-state index is 13.6. The summed E-state index contributed by atoms with van der Waals surface area (Å²) in [5, 5.41) is 8.77. The Kier molecular flexibility index (Phi) is 4.55. The molecule has 0 unspecified atom stereocenters. The van der Waals surface area contributed by atoms with E-state index in [1.165, 1.54) is 18.2 Å². The quantitative estimate of drug-likeness (QED) is 0.681. The van der Waals surface area contributed by atoms with E-state index in [0.717, 1.165) is 6.07 Å². The van der Waals surface area contributed by atoms with Gasteiger partial charge in [0.25, 0.3) is 0 Å². The van der Waals surface area contributed by atoms with Crippen LogP contribution < -0.4 is 5.73 Å². The van der Waals surface area contributed by atoms with Crippen molar-refractivity contribution in [1.82, 2.24) is 0 Å². The van der Waals surface area contributed by atoms with Gasteiger partial charge in [0.1, 0.15) is 12.4 Å². The lowest BCUT2D eigenvalue weighted by Gasteiger charge is -2.08. The van der Waals surface area contributed by atoms with E-state index in [-0.39, 0.29) is 17.7 Å². The van der Waals surface area contributed by atoms with Crippen molar-refractivity contribution in [3.63, 3.8) is 0 Å². The van der Waals surface area contributed by atoms with E-state index in [1.54, 1.807) is 12.1 Å². The molecule has 0 aliphatic carbocycles. The molecule has 4 nitrogen and oxygen atoms in total. The minimum atomic E-state index is -0.629. The van der Waals surface area contributed by atoms with Crippen LogP contribution in [0, 0.1) is 17.1 Å². The minimum absolute atomic E-state index is 0.141. The van der Waals surface area contributed by atoms with Crippen molar-refractivity contribution >= 4 is 27.6 Å². The number of hydrogen-bond donors (Lipinski definition) is 1. The van der Waals surface area contributed by atoms with Gasteiger partial charge in [-0.3, -0.25) is 0 Å². The fraction of sp³-hybridized carbons (Fsp3) is 0.0667. The maximum absolute atomic E-state index is 13.6.